The van der Waals surface area contributed by atoms with Gasteiger partial charge in [-0.25, -0.2) is 17.8 Å². The van der Waals surface area contributed by atoms with Crippen LogP contribution in [0, 0.1) is 5.82 Å². The molecule has 8 heteroatoms. The summed E-state index contributed by atoms with van der Waals surface area (Å²) in [5.74, 6) is -0.243. The third-order valence-corrected chi connectivity index (χ3v) is 7.00. The van der Waals surface area contributed by atoms with Crippen LogP contribution in [0.25, 0.3) is 0 Å². The van der Waals surface area contributed by atoms with Crippen LogP contribution >= 0.6 is 0 Å². The van der Waals surface area contributed by atoms with E-state index >= 15 is 0 Å². The molecule has 152 valence electrons. The van der Waals surface area contributed by atoms with E-state index < -0.39 is 10.0 Å². The third-order valence-electron chi connectivity index (χ3n) is 5.25. The normalized spacial score (nSPS) is 18.1. The predicted molar refractivity (Wildman–Crippen MR) is 107 cm³/mol. The molecule has 29 heavy (non-hydrogen) atoms. The Morgan fingerprint density at radius 1 is 1.17 bits per heavy atom. The third kappa shape index (κ3) is 4.23. The molecule has 1 aromatic carbocycles. The number of imidazole rings is 1. The van der Waals surface area contributed by atoms with Crippen LogP contribution in [0.4, 0.5) is 4.39 Å². The highest BCUT2D eigenvalue weighted by atomic mass is 32.2. The molecule has 1 aliphatic heterocycles. The van der Waals surface area contributed by atoms with Crippen LogP contribution in [-0.2, 0) is 23.5 Å². The van der Waals surface area contributed by atoms with Gasteiger partial charge in [-0.15, -0.1) is 0 Å². The van der Waals surface area contributed by atoms with Crippen molar-refractivity contribution in [1.29, 1.82) is 0 Å². The molecular weight excluding hydrogens is 391 g/mol. The molecule has 0 spiro atoms. The number of aryl methyl sites for hydroxylation is 1. The number of sulfonamides is 1. The first-order valence-electron chi connectivity index (χ1n) is 9.61. The van der Waals surface area contributed by atoms with Crippen molar-refractivity contribution in [2.45, 2.75) is 30.2 Å². The van der Waals surface area contributed by atoms with E-state index in [2.05, 4.69) is 4.98 Å². The maximum atomic E-state index is 14.0. The number of hydrogen-bond donors (Lipinski definition) is 0. The van der Waals surface area contributed by atoms with Crippen LogP contribution in [-0.4, -0.2) is 40.3 Å². The van der Waals surface area contributed by atoms with Gasteiger partial charge in [-0.1, -0.05) is 24.3 Å². The Morgan fingerprint density at radius 2 is 2.00 bits per heavy atom. The second kappa shape index (κ2) is 8.04. The maximum Gasteiger partial charge on any atom is 0.262 e. The summed E-state index contributed by atoms with van der Waals surface area (Å²) in [7, 11) is -1.88. The highest BCUT2D eigenvalue weighted by Crippen LogP contribution is 2.29. The molecule has 2 aromatic heterocycles. The van der Waals surface area contributed by atoms with Gasteiger partial charge in [0, 0.05) is 50.1 Å². The lowest BCUT2D eigenvalue weighted by Gasteiger charge is -2.31. The number of hydrogen-bond acceptors (Lipinski definition) is 4. The van der Waals surface area contributed by atoms with Gasteiger partial charge in [0.15, 0.2) is 5.03 Å². The first-order chi connectivity index (χ1) is 13.9. The molecule has 3 aromatic rings. The van der Waals surface area contributed by atoms with Crippen molar-refractivity contribution < 1.29 is 12.8 Å². The molecule has 0 N–H and O–H groups in total. The van der Waals surface area contributed by atoms with Crippen molar-refractivity contribution in [3.63, 3.8) is 0 Å². The molecule has 0 saturated carbocycles. The van der Waals surface area contributed by atoms with E-state index in [1.54, 1.807) is 23.7 Å². The molecule has 1 atom stereocenters. The minimum atomic E-state index is -3.62. The van der Waals surface area contributed by atoms with Crippen molar-refractivity contribution in [3.8, 4) is 0 Å². The van der Waals surface area contributed by atoms with Crippen LogP contribution in [0.5, 0.6) is 0 Å². The minimum absolute atomic E-state index is 0.00260. The van der Waals surface area contributed by atoms with Crippen LogP contribution in [0.2, 0.25) is 0 Å². The molecule has 0 amide bonds. The number of pyridine rings is 1. The van der Waals surface area contributed by atoms with Crippen molar-refractivity contribution in [3.05, 3.63) is 77.8 Å². The minimum Gasteiger partial charge on any atom is -0.339 e. The van der Waals surface area contributed by atoms with Gasteiger partial charge < -0.3 is 4.57 Å². The lowest BCUT2D eigenvalue weighted by atomic mass is 9.95. The van der Waals surface area contributed by atoms with Gasteiger partial charge in [-0.2, -0.15) is 4.31 Å². The van der Waals surface area contributed by atoms with Crippen LogP contribution in [0.3, 0.4) is 0 Å². The van der Waals surface area contributed by atoms with Gasteiger partial charge >= 0.3 is 0 Å². The van der Waals surface area contributed by atoms with Gasteiger partial charge in [0.05, 0.1) is 6.33 Å². The zero-order valence-electron chi connectivity index (χ0n) is 16.2. The number of aromatic nitrogens is 3. The van der Waals surface area contributed by atoms with Crippen LogP contribution in [0.1, 0.15) is 35.7 Å². The number of nitrogens with zero attached hydrogens (tertiary/aromatic N) is 4. The molecule has 0 aliphatic carbocycles. The first-order valence-corrected chi connectivity index (χ1v) is 11.0. The molecule has 0 unspecified atom stereocenters. The summed E-state index contributed by atoms with van der Waals surface area (Å²) in [6.45, 7) is 0.847. The summed E-state index contributed by atoms with van der Waals surface area (Å²) >= 11 is 0. The highest BCUT2D eigenvalue weighted by molar-refractivity contribution is 7.89. The molecule has 0 radical (unpaired) electrons. The van der Waals surface area contributed by atoms with E-state index in [0.717, 1.165) is 24.2 Å². The molecule has 3 heterocycles. The van der Waals surface area contributed by atoms with Crippen LogP contribution < -0.4 is 0 Å². The maximum absolute atomic E-state index is 14.0. The summed E-state index contributed by atoms with van der Waals surface area (Å²) in [5, 5.41) is 0.0712. The molecule has 1 saturated heterocycles. The standard InChI is InChI=1S/C21H23FN4O2S/c1-25-14-21(23-15-25)29(27,28)26-11-5-7-17(13-26)20-10-4-8-18(24-20)12-16-6-2-3-9-19(16)22/h2-4,6,8-10,14-15,17H,5,7,11-13H2,1H3/t17-/m0/s1. The highest BCUT2D eigenvalue weighted by Gasteiger charge is 2.32. The zero-order valence-corrected chi connectivity index (χ0v) is 17.0. The summed E-state index contributed by atoms with van der Waals surface area (Å²) < 4.78 is 42.9. The zero-order chi connectivity index (χ0) is 20.4. The van der Waals surface area contributed by atoms with Crippen LogP contribution in [0.15, 0.2) is 60.0 Å². The van der Waals surface area contributed by atoms with Crippen molar-refractivity contribution in [2.75, 3.05) is 13.1 Å². The summed E-state index contributed by atoms with van der Waals surface area (Å²) in [6, 6.07) is 12.4. The Bertz CT molecular complexity index is 1110. The van der Waals surface area contributed by atoms with E-state index in [1.807, 2.05) is 24.3 Å². The molecule has 1 aliphatic rings. The summed E-state index contributed by atoms with van der Waals surface area (Å²) in [6.07, 6.45) is 5.04. The molecule has 4 rings (SSSR count). The van der Waals surface area contributed by atoms with Gasteiger partial charge in [-0.05, 0) is 36.6 Å². The number of benzene rings is 1. The average molecular weight is 415 g/mol. The van der Waals surface area contributed by atoms with E-state index in [4.69, 9.17) is 4.98 Å². The molecular formula is C21H23FN4O2S. The van der Waals surface area contributed by atoms with E-state index in [-0.39, 0.29) is 16.8 Å². The molecule has 6 nitrogen and oxygen atoms in total. The van der Waals surface area contributed by atoms with Crippen molar-refractivity contribution in [1.82, 2.24) is 18.8 Å². The Morgan fingerprint density at radius 3 is 2.76 bits per heavy atom. The second-order valence-electron chi connectivity index (χ2n) is 7.40. The van der Waals surface area contributed by atoms with Gasteiger partial charge in [0.25, 0.3) is 10.0 Å². The first kappa shape index (κ1) is 19.7. The average Bonchev–Trinajstić information content (AvgIpc) is 3.17. The Kier molecular flexibility index (Phi) is 5.47. The van der Waals surface area contributed by atoms with E-state index in [1.165, 1.54) is 22.9 Å². The summed E-state index contributed by atoms with van der Waals surface area (Å²) in [4.78, 5) is 8.73. The van der Waals surface area contributed by atoms with E-state index in [9.17, 15) is 12.8 Å². The predicted octanol–water partition coefficient (Wildman–Crippen LogP) is 3.11. The monoisotopic (exact) mass is 414 g/mol. The van der Waals surface area contributed by atoms with Gasteiger partial charge in [0.1, 0.15) is 5.82 Å². The second-order valence-corrected chi connectivity index (χ2v) is 9.29. The number of rotatable bonds is 5. The SMILES string of the molecule is Cn1cnc(S(=O)(=O)N2CCC[C@H](c3cccc(Cc4ccccc4F)n3)C2)c1. The fourth-order valence-corrected chi connectivity index (χ4v) is 5.21. The topological polar surface area (TPSA) is 68.1 Å². The smallest absolute Gasteiger partial charge is 0.262 e. The fraction of sp³-hybridized carbons (Fsp3) is 0.333. The Balaban J connectivity index is 1.53. The lowest BCUT2D eigenvalue weighted by Crippen LogP contribution is -2.39. The summed E-state index contributed by atoms with van der Waals surface area (Å²) in [5.41, 5.74) is 2.22. The Hall–Kier alpha value is -2.58. The quantitative estimate of drug-likeness (QED) is 0.643. The van der Waals surface area contributed by atoms with E-state index in [0.29, 0.717) is 25.1 Å². The van der Waals surface area contributed by atoms with Crippen molar-refractivity contribution >= 4 is 10.0 Å². The van der Waals surface area contributed by atoms with Crippen molar-refractivity contribution in [2.24, 2.45) is 7.05 Å². The molecule has 0 bridgehead atoms. The fourth-order valence-electron chi connectivity index (χ4n) is 3.72. The Labute approximate surface area is 170 Å². The lowest BCUT2D eigenvalue weighted by molar-refractivity contribution is 0.311. The van der Waals surface area contributed by atoms with Gasteiger partial charge in [-0.3, -0.25) is 4.98 Å². The largest absolute Gasteiger partial charge is 0.339 e. The molecule has 1 fully saturated rings. The van der Waals surface area contributed by atoms with Gasteiger partial charge in [0.2, 0.25) is 0 Å². The number of piperidine rings is 1. The number of halogens is 1.